The van der Waals surface area contributed by atoms with Crippen LogP contribution in [0.5, 0.6) is 0 Å². The molecule has 0 saturated carbocycles. The average Bonchev–Trinajstić information content (AvgIpc) is 3.96. The summed E-state index contributed by atoms with van der Waals surface area (Å²) >= 11 is 0. The quantitative estimate of drug-likeness (QED) is 0.180. The highest BCUT2D eigenvalue weighted by atomic mass is 16.3. The number of hydrogen-bond donors (Lipinski definition) is 0. The number of para-hydroxylation sites is 5. The normalized spacial score (nSPS) is 12.1. The van der Waals surface area contributed by atoms with Crippen LogP contribution in [0, 0.1) is 0 Å². The first-order valence-corrected chi connectivity index (χ1v) is 20.0. The minimum absolute atomic E-state index is 0.606. The van der Waals surface area contributed by atoms with Gasteiger partial charge in [-0.05, 0) is 70.9 Å². The van der Waals surface area contributed by atoms with E-state index in [4.69, 9.17) is 14.4 Å². The predicted molar refractivity (Wildman–Crippen MR) is 244 cm³/mol. The molecule has 5 nitrogen and oxygen atoms in total. The molecule has 0 amide bonds. The van der Waals surface area contributed by atoms with E-state index in [0.717, 1.165) is 88.2 Å². The molecule has 9 aromatic carbocycles. The Labute approximate surface area is 337 Å². The van der Waals surface area contributed by atoms with Crippen LogP contribution < -0.4 is 0 Å². The molecular weight excluding hydrogens is 721 g/mol. The van der Waals surface area contributed by atoms with Crippen molar-refractivity contribution in [3.63, 3.8) is 0 Å². The number of nitrogens with zero attached hydrogens (tertiary/aromatic N) is 4. The van der Waals surface area contributed by atoms with Crippen LogP contribution in [0.3, 0.4) is 0 Å². The summed E-state index contributed by atoms with van der Waals surface area (Å²) in [4.78, 5) is 10.9. The highest BCUT2D eigenvalue weighted by molar-refractivity contribution is 6.27. The molecule has 0 aliphatic heterocycles. The Kier molecular flexibility index (Phi) is 6.66. The second kappa shape index (κ2) is 12.2. The number of hydrogen-bond acceptors (Lipinski definition) is 3. The molecular formula is C54H32N4O. The number of benzene rings is 9. The minimum Gasteiger partial charge on any atom is -0.455 e. The van der Waals surface area contributed by atoms with E-state index in [0.29, 0.717) is 5.95 Å². The van der Waals surface area contributed by atoms with E-state index < -0.39 is 0 Å². The standard InChI is InChI=1S/C54H32N4O/c1-2-16-37(17-3-1)57-46-23-11-7-18-38(46)39-29-28-35(31-48(39)57)43-32-44-40-19-9-13-25-49(40)59-53(44)50-42-21-8-12-24-47(42)58(52(43)50)54-55-45-22-10-6-20-41(45)51(56-54)36-27-26-33-14-4-5-15-34(33)30-36/h1-32H. The van der Waals surface area contributed by atoms with Gasteiger partial charge in [-0.2, -0.15) is 0 Å². The topological polar surface area (TPSA) is 48.8 Å². The molecule has 0 saturated heterocycles. The van der Waals surface area contributed by atoms with E-state index in [2.05, 4.69) is 197 Å². The van der Waals surface area contributed by atoms with Crippen LogP contribution in [0.2, 0.25) is 0 Å². The smallest absolute Gasteiger partial charge is 0.235 e. The monoisotopic (exact) mass is 752 g/mol. The van der Waals surface area contributed by atoms with Gasteiger partial charge in [-0.25, -0.2) is 9.97 Å². The van der Waals surface area contributed by atoms with Crippen molar-refractivity contribution in [2.45, 2.75) is 0 Å². The Balaban J connectivity index is 1.18. The first-order chi connectivity index (χ1) is 29.3. The van der Waals surface area contributed by atoms with Crippen LogP contribution in [-0.4, -0.2) is 19.1 Å². The summed E-state index contributed by atoms with van der Waals surface area (Å²) in [7, 11) is 0. The Morgan fingerprint density at radius 1 is 0.407 bits per heavy atom. The van der Waals surface area contributed by atoms with Crippen LogP contribution in [-0.2, 0) is 0 Å². The first kappa shape index (κ1) is 32.1. The zero-order valence-electron chi connectivity index (χ0n) is 31.7. The van der Waals surface area contributed by atoms with E-state index >= 15 is 0 Å². The fourth-order valence-electron chi connectivity index (χ4n) is 9.47. The fourth-order valence-corrected chi connectivity index (χ4v) is 9.47. The van der Waals surface area contributed by atoms with Crippen LogP contribution >= 0.6 is 0 Å². The first-order valence-electron chi connectivity index (χ1n) is 20.0. The molecule has 0 atom stereocenters. The maximum absolute atomic E-state index is 6.85. The molecule has 0 fully saturated rings. The van der Waals surface area contributed by atoms with E-state index in [1.54, 1.807) is 0 Å². The molecule has 59 heavy (non-hydrogen) atoms. The summed E-state index contributed by atoms with van der Waals surface area (Å²) in [5.41, 5.74) is 12.1. The molecule has 13 aromatic rings. The van der Waals surface area contributed by atoms with Gasteiger partial charge in [0.25, 0.3) is 0 Å². The van der Waals surface area contributed by atoms with Gasteiger partial charge >= 0.3 is 0 Å². The highest BCUT2D eigenvalue weighted by Crippen LogP contribution is 2.46. The lowest BCUT2D eigenvalue weighted by Gasteiger charge is -2.14. The number of rotatable bonds is 4. The van der Waals surface area contributed by atoms with Gasteiger partial charge in [0, 0.05) is 49.1 Å². The number of furan rings is 1. The third-order valence-corrected chi connectivity index (χ3v) is 12.1. The van der Waals surface area contributed by atoms with Gasteiger partial charge in [0.1, 0.15) is 11.2 Å². The summed E-state index contributed by atoms with van der Waals surface area (Å²) in [6, 6.07) is 68.9. The minimum atomic E-state index is 0.606. The Morgan fingerprint density at radius 3 is 1.93 bits per heavy atom. The van der Waals surface area contributed by atoms with E-state index in [1.165, 1.54) is 27.1 Å². The van der Waals surface area contributed by atoms with E-state index in [9.17, 15) is 0 Å². The Morgan fingerprint density at radius 2 is 1.07 bits per heavy atom. The van der Waals surface area contributed by atoms with Gasteiger partial charge in [-0.3, -0.25) is 4.57 Å². The molecule has 0 radical (unpaired) electrons. The predicted octanol–water partition coefficient (Wildman–Crippen LogP) is 14.2. The van der Waals surface area contributed by atoms with Crippen molar-refractivity contribution in [2.24, 2.45) is 0 Å². The maximum atomic E-state index is 6.85. The molecule has 0 unspecified atom stereocenters. The van der Waals surface area contributed by atoms with Gasteiger partial charge in [0.15, 0.2) is 0 Å². The van der Waals surface area contributed by atoms with Gasteiger partial charge in [-0.1, -0.05) is 140 Å². The molecule has 5 heteroatoms. The van der Waals surface area contributed by atoms with Gasteiger partial charge in [-0.15, -0.1) is 0 Å². The molecule has 4 aromatic heterocycles. The zero-order valence-corrected chi connectivity index (χ0v) is 31.7. The lowest BCUT2D eigenvalue weighted by atomic mass is 9.97. The van der Waals surface area contributed by atoms with Crippen LogP contribution in [0.4, 0.5) is 0 Å². The molecule has 13 rings (SSSR count). The third-order valence-electron chi connectivity index (χ3n) is 12.1. The molecule has 0 aliphatic rings. The lowest BCUT2D eigenvalue weighted by molar-refractivity contribution is 0.673. The number of aromatic nitrogens is 4. The highest BCUT2D eigenvalue weighted by Gasteiger charge is 2.25. The van der Waals surface area contributed by atoms with Crippen molar-refractivity contribution in [3.8, 4) is 34.0 Å². The Hall–Kier alpha value is -8.02. The maximum Gasteiger partial charge on any atom is 0.235 e. The van der Waals surface area contributed by atoms with Crippen molar-refractivity contribution in [2.75, 3.05) is 0 Å². The average molecular weight is 753 g/mol. The summed E-state index contributed by atoms with van der Waals surface area (Å²) in [6.07, 6.45) is 0. The van der Waals surface area contributed by atoms with Crippen molar-refractivity contribution in [1.82, 2.24) is 19.1 Å². The van der Waals surface area contributed by atoms with Crippen molar-refractivity contribution >= 4 is 87.2 Å². The van der Waals surface area contributed by atoms with E-state index in [-0.39, 0.29) is 0 Å². The van der Waals surface area contributed by atoms with Crippen LogP contribution in [0.15, 0.2) is 199 Å². The van der Waals surface area contributed by atoms with Crippen LogP contribution in [0.1, 0.15) is 0 Å². The summed E-state index contributed by atoms with van der Waals surface area (Å²) in [6.45, 7) is 0. The van der Waals surface area contributed by atoms with E-state index in [1.807, 2.05) is 6.07 Å². The molecule has 0 spiro atoms. The second-order valence-corrected chi connectivity index (χ2v) is 15.3. The SMILES string of the molecule is c1ccc(-n2c3ccccc3c3ccc(-c4cc5c6ccccc6oc5c5c6ccccc6n(-c6nc(-c7ccc8ccccc8c7)c7ccccc7n6)c45)cc32)cc1. The van der Waals surface area contributed by atoms with Crippen molar-refractivity contribution in [1.29, 1.82) is 0 Å². The fraction of sp³-hybridized carbons (Fsp3) is 0. The summed E-state index contributed by atoms with van der Waals surface area (Å²) in [5.74, 6) is 0.606. The van der Waals surface area contributed by atoms with Crippen molar-refractivity contribution < 1.29 is 4.42 Å². The summed E-state index contributed by atoms with van der Waals surface area (Å²) in [5, 5.41) is 10.1. The van der Waals surface area contributed by atoms with Gasteiger partial charge in [0.2, 0.25) is 5.95 Å². The third kappa shape index (κ3) is 4.67. The lowest BCUT2D eigenvalue weighted by Crippen LogP contribution is -2.04. The van der Waals surface area contributed by atoms with Gasteiger partial charge in [0.05, 0.1) is 38.7 Å². The molecule has 0 N–H and O–H groups in total. The summed E-state index contributed by atoms with van der Waals surface area (Å²) < 4.78 is 11.5. The second-order valence-electron chi connectivity index (χ2n) is 15.3. The molecule has 4 heterocycles. The molecule has 274 valence electrons. The largest absolute Gasteiger partial charge is 0.455 e. The molecule has 0 bridgehead atoms. The molecule has 0 aliphatic carbocycles. The number of fused-ring (bicyclic) bond motifs is 12. The van der Waals surface area contributed by atoms with Crippen LogP contribution in [0.25, 0.3) is 121 Å². The van der Waals surface area contributed by atoms with Crippen molar-refractivity contribution in [3.05, 3.63) is 194 Å². The zero-order chi connectivity index (χ0) is 38.6. The Bertz CT molecular complexity index is 3850. The van der Waals surface area contributed by atoms with Gasteiger partial charge < -0.3 is 8.98 Å².